The molecule has 1 saturated heterocycles. The summed E-state index contributed by atoms with van der Waals surface area (Å²) in [7, 11) is 1.72. The van der Waals surface area contributed by atoms with Crippen LogP contribution in [0.2, 0.25) is 0 Å². The Morgan fingerprint density at radius 3 is 2.82 bits per heavy atom. The average Bonchev–Trinajstić information content (AvgIpc) is 3.24. The maximum absolute atomic E-state index is 12.2. The number of aromatic nitrogens is 2. The normalized spacial score (nSPS) is 20.2. The molecule has 124 valence electrons. The lowest BCUT2D eigenvalue weighted by molar-refractivity contribution is 0.0510. The molecule has 0 radical (unpaired) electrons. The van der Waals surface area contributed by atoms with E-state index in [1.165, 1.54) is 12.8 Å². The van der Waals surface area contributed by atoms with Gasteiger partial charge < -0.3 is 15.4 Å². The minimum absolute atomic E-state index is 0. The fourth-order valence-electron chi connectivity index (χ4n) is 3.05. The van der Waals surface area contributed by atoms with Crippen LogP contribution in [0, 0.1) is 5.41 Å². The molecule has 2 aliphatic rings. The Hall–Kier alpha value is -1.11. The van der Waals surface area contributed by atoms with E-state index >= 15 is 0 Å². The zero-order valence-corrected chi connectivity index (χ0v) is 13.8. The maximum atomic E-state index is 12.2. The first-order valence-corrected chi connectivity index (χ1v) is 7.76. The number of nitrogens with zero attached hydrogens (tertiary/aromatic N) is 1. The molecule has 1 saturated carbocycles. The Morgan fingerprint density at radius 2 is 2.18 bits per heavy atom. The van der Waals surface area contributed by atoms with Gasteiger partial charge >= 0.3 is 0 Å². The molecule has 7 heteroatoms. The molecule has 0 aromatic carbocycles. The molecule has 1 aliphatic heterocycles. The number of amides is 1. The van der Waals surface area contributed by atoms with Gasteiger partial charge in [-0.3, -0.25) is 9.89 Å². The first-order chi connectivity index (χ1) is 10.2. The molecule has 6 nitrogen and oxygen atoms in total. The van der Waals surface area contributed by atoms with Crippen LogP contribution in [0.4, 0.5) is 0 Å². The van der Waals surface area contributed by atoms with E-state index in [1.54, 1.807) is 7.11 Å². The molecule has 2 heterocycles. The summed E-state index contributed by atoms with van der Waals surface area (Å²) in [5, 5.41) is 13.5. The average molecular weight is 329 g/mol. The predicted molar refractivity (Wildman–Crippen MR) is 86.6 cm³/mol. The van der Waals surface area contributed by atoms with Crippen molar-refractivity contribution in [1.29, 1.82) is 0 Å². The van der Waals surface area contributed by atoms with Gasteiger partial charge in [0, 0.05) is 30.7 Å². The third kappa shape index (κ3) is 4.00. The van der Waals surface area contributed by atoms with Crippen molar-refractivity contribution in [1.82, 2.24) is 20.8 Å². The molecule has 0 spiro atoms. The van der Waals surface area contributed by atoms with E-state index in [4.69, 9.17) is 4.74 Å². The lowest BCUT2D eigenvalue weighted by Gasteiger charge is -2.37. The van der Waals surface area contributed by atoms with Crippen molar-refractivity contribution in [3.05, 3.63) is 17.5 Å². The monoisotopic (exact) mass is 328 g/mol. The van der Waals surface area contributed by atoms with Crippen LogP contribution in [0.25, 0.3) is 0 Å². The van der Waals surface area contributed by atoms with Crippen molar-refractivity contribution in [2.75, 3.05) is 33.4 Å². The van der Waals surface area contributed by atoms with E-state index in [0.29, 0.717) is 24.8 Å². The summed E-state index contributed by atoms with van der Waals surface area (Å²) in [5.74, 6) is 0.496. The van der Waals surface area contributed by atoms with Gasteiger partial charge in [-0.15, -0.1) is 12.4 Å². The van der Waals surface area contributed by atoms with Crippen LogP contribution >= 0.6 is 12.4 Å². The van der Waals surface area contributed by atoms with Crippen LogP contribution in [0.1, 0.15) is 47.8 Å². The predicted octanol–water partition coefficient (Wildman–Crippen LogP) is 1.45. The standard InChI is InChI=1S/C15H24N4O2.ClH/c1-21-10-15(4-6-16-7-5-15)9-17-14(20)13-8-12(18-19-13)11-2-3-11;/h8,11,16H,2-7,9-10H2,1H3,(H,17,20)(H,18,19);1H. The lowest BCUT2D eigenvalue weighted by Crippen LogP contribution is -2.47. The number of ether oxygens (including phenoxy) is 1. The minimum Gasteiger partial charge on any atom is -0.384 e. The lowest BCUT2D eigenvalue weighted by atomic mass is 9.79. The van der Waals surface area contributed by atoms with Crippen LogP contribution in [-0.4, -0.2) is 49.5 Å². The van der Waals surface area contributed by atoms with Crippen LogP contribution in [-0.2, 0) is 4.74 Å². The Balaban J connectivity index is 0.00000176. The molecule has 0 bridgehead atoms. The van der Waals surface area contributed by atoms with Crippen LogP contribution in [0.15, 0.2) is 6.07 Å². The Labute approximate surface area is 137 Å². The highest BCUT2D eigenvalue weighted by atomic mass is 35.5. The minimum atomic E-state index is -0.0906. The molecule has 1 aromatic rings. The second-order valence-corrected chi connectivity index (χ2v) is 6.35. The number of hydrogen-bond acceptors (Lipinski definition) is 4. The summed E-state index contributed by atoms with van der Waals surface area (Å²) in [6.45, 7) is 3.29. The summed E-state index contributed by atoms with van der Waals surface area (Å²) in [6.07, 6.45) is 4.45. The van der Waals surface area contributed by atoms with Crippen LogP contribution in [0.3, 0.4) is 0 Å². The smallest absolute Gasteiger partial charge is 0.271 e. The zero-order chi connectivity index (χ0) is 14.7. The molecular weight excluding hydrogens is 304 g/mol. The van der Waals surface area contributed by atoms with Crippen molar-refractivity contribution < 1.29 is 9.53 Å². The van der Waals surface area contributed by atoms with E-state index in [1.807, 2.05) is 6.07 Å². The van der Waals surface area contributed by atoms with Gasteiger partial charge in [0.1, 0.15) is 5.69 Å². The van der Waals surface area contributed by atoms with Crippen LogP contribution in [0.5, 0.6) is 0 Å². The molecular formula is C15H25ClN4O2. The molecule has 1 aliphatic carbocycles. The SMILES string of the molecule is COCC1(CNC(=O)c2cc(C3CC3)[nH]n2)CCNCC1.Cl. The molecule has 3 rings (SSSR count). The summed E-state index contributed by atoms with van der Waals surface area (Å²) in [5.41, 5.74) is 1.64. The molecule has 1 aromatic heterocycles. The second kappa shape index (κ2) is 7.44. The second-order valence-electron chi connectivity index (χ2n) is 6.35. The van der Waals surface area contributed by atoms with Crippen LogP contribution < -0.4 is 10.6 Å². The molecule has 0 atom stereocenters. The van der Waals surface area contributed by atoms with Crippen molar-refractivity contribution in [3.8, 4) is 0 Å². The van der Waals surface area contributed by atoms with Crippen molar-refractivity contribution in [3.63, 3.8) is 0 Å². The van der Waals surface area contributed by atoms with E-state index in [9.17, 15) is 4.79 Å². The first-order valence-electron chi connectivity index (χ1n) is 7.76. The van der Waals surface area contributed by atoms with Gasteiger partial charge in [-0.25, -0.2) is 0 Å². The molecule has 1 amide bonds. The van der Waals surface area contributed by atoms with Gasteiger partial charge in [-0.05, 0) is 44.8 Å². The summed E-state index contributed by atoms with van der Waals surface area (Å²) < 4.78 is 5.37. The fourth-order valence-corrected chi connectivity index (χ4v) is 3.05. The Kier molecular flexibility index (Phi) is 5.83. The highest BCUT2D eigenvalue weighted by Crippen LogP contribution is 2.39. The first kappa shape index (κ1) is 17.2. The third-order valence-electron chi connectivity index (χ3n) is 4.59. The number of halogens is 1. The number of piperidine rings is 1. The number of rotatable bonds is 6. The number of aromatic amines is 1. The summed E-state index contributed by atoms with van der Waals surface area (Å²) in [4.78, 5) is 12.2. The van der Waals surface area contributed by atoms with Gasteiger partial charge in [0.2, 0.25) is 0 Å². The number of H-pyrrole nitrogens is 1. The molecule has 22 heavy (non-hydrogen) atoms. The van der Waals surface area contributed by atoms with Gasteiger partial charge in [0.05, 0.1) is 6.61 Å². The van der Waals surface area contributed by atoms with E-state index in [2.05, 4.69) is 20.8 Å². The number of carbonyl (C=O) groups is 1. The maximum Gasteiger partial charge on any atom is 0.271 e. The highest BCUT2D eigenvalue weighted by molar-refractivity contribution is 5.92. The molecule has 3 N–H and O–H groups in total. The summed E-state index contributed by atoms with van der Waals surface area (Å²) in [6, 6.07) is 1.89. The number of nitrogens with one attached hydrogen (secondary N) is 3. The van der Waals surface area contributed by atoms with Gasteiger partial charge in [-0.2, -0.15) is 5.10 Å². The Morgan fingerprint density at radius 1 is 1.45 bits per heavy atom. The third-order valence-corrected chi connectivity index (χ3v) is 4.59. The number of carbonyl (C=O) groups excluding carboxylic acids is 1. The fraction of sp³-hybridized carbons (Fsp3) is 0.733. The largest absolute Gasteiger partial charge is 0.384 e. The molecule has 2 fully saturated rings. The van der Waals surface area contributed by atoms with Gasteiger partial charge in [0.25, 0.3) is 5.91 Å². The quantitative estimate of drug-likeness (QED) is 0.738. The summed E-state index contributed by atoms with van der Waals surface area (Å²) >= 11 is 0. The highest BCUT2D eigenvalue weighted by Gasteiger charge is 2.33. The topological polar surface area (TPSA) is 79.0 Å². The van der Waals surface area contributed by atoms with E-state index in [-0.39, 0.29) is 23.7 Å². The van der Waals surface area contributed by atoms with Crippen molar-refractivity contribution in [2.45, 2.75) is 31.6 Å². The zero-order valence-electron chi connectivity index (χ0n) is 13.0. The van der Waals surface area contributed by atoms with Gasteiger partial charge in [-0.1, -0.05) is 0 Å². The van der Waals surface area contributed by atoms with Crippen molar-refractivity contribution in [2.24, 2.45) is 5.41 Å². The van der Waals surface area contributed by atoms with Gasteiger partial charge in [0.15, 0.2) is 0 Å². The molecule has 0 unspecified atom stereocenters. The Bertz CT molecular complexity index is 490. The number of hydrogen-bond donors (Lipinski definition) is 3. The van der Waals surface area contributed by atoms with E-state index < -0.39 is 0 Å². The number of methoxy groups -OCH3 is 1. The van der Waals surface area contributed by atoms with E-state index in [0.717, 1.165) is 31.6 Å². The van der Waals surface area contributed by atoms with Crippen molar-refractivity contribution >= 4 is 18.3 Å².